The van der Waals surface area contributed by atoms with Crippen molar-refractivity contribution in [3.63, 3.8) is 0 Å². The van der Waals surface area contributed by atoms with Crippen molar-refractivity contribution in [2.24, 2.45) is 35.0 Å². The molecular formula is C44H56N4O5. The van der Waals surface area contributed by atoms with Gasteiger partial charge in [-0.2, -0.15) is 0 Å². The molecule has 7 aliphatic rings. The van der Waals surface area contributed by atoms with Gasteiger partial charge in [0.05, 0.1) is 33.3 Å². The first-order chi connectivity index (χ1) is 25.8. The summed E-state index contributed by atoms with van der Waals surface area (Å²) in [5.41, 5.74) is 7.88. The SMILES string of the molecule is C/C=C1/CC2[C@H](C(=O)OC)C(NC)Cc3c([nH]c4ccccc34)[C@@H](c3cc4c(cc3OC)C3CCN5C[C@H]6C[C@H](CC)[C@H]5[C@@](C(=O)OC)(C6)C3N4)C[C@H]12. The molecule has 5 fully saturated rings. The van der Waals surface area contributed by atoms with Crippen LogP contribution in [0.1, 0.15) is 86.6 Å². The van der Waals surface area contributed by atoms with E-state index in [4.69, 9.17) is 14.2 Å². The number of piperidine rings is 2. The second-order valence-corrected chi connectivity index (χ2v) is 17.0. The molecule has 9 heteroatoms. The summed E-state index contributed by atoms with van der Waals surface area (Å²) in [4.78, 5) is 34.5. The fourth-order valence-electron chi connectivity index (χ4n) is 12.9. The molecular weight excluding hydrogens is 665 g/mol. The number of aromatic amines is 1. The minimum absolute atomic E-state index is 0.0123. The van der Waals surface area contributed by atoms with Gasteiger partial charge in [-0.1, -0.05) is 43.2 Å². The summed E-state index contributed by atoms with van der Waals surface area (Å²) in [7, 11) is 6.88. The number of anilines is 1. The normalized spacial score (nSPS) is 37.4. The van der Waals surface area contributed by atoms with Gasteiger partial charge in [-0.05, 0) is 112 Å². The Labute approximate surface area is 313 Å². The van der Waals surface area contributed by atoms with E-state index in [1.807, 2.05) is 7.05 Å². The van der Waals surface area contributed by atoms with Crippen LogP contribution < -0.4 is 15.4 Å². The van der Waals surface area contributed by atoms with Crippen molar-refractivity contribution in [2.75, 3.05) is 46.8 Å². The Kier molecular flexibility index (Phi) is 8.69. The summed E-state index contributed by atoms with van der Waals surface area (Å²) in [6.07, 6.45) is 8.87. The molecule has 0 radical (unpaired) electrons. The van der Waals surface area contributed by atoms with Crippen LogP contribution in [0.4, 0.5) is 5.69 Å². The monoisotopic (exact) mass is 720 g/mol. The highest BCUT2D eigenvalue weighted by molar-refractivity contribution is 5.86. The van der Waals surface area contributed by atoms with E-state index >= 15 is 0 Å². The van der Waals surface area contributed by atoms with E-state index in [1.54, 1.807) is 14.2 Å². The third-order valence-corrected chi connectivity index (χ3v) is 15.1. The van der Waals surface area contributed by atoms with Crippen LogP contribution in [-0.2, 0) is 25.5 Å². The lowest BCUT2D eigenvalue weighted by atomic mass is 9.54. The maximum absolute atomic E-state index is 14.3. The molecule has 3 saturated heterocycles. The van der Waals surface area contributed by atoms with E-state index < -0.39 is 5.41 Å². The maximum atomic E-state index is 14.3. The van der Waals surface area contributed by atoms with Gasteiger partial charge < -0.3 is 29.8 Å². The zero-order valence-corrected chi connectivity index (χ0v) is 32.2. The minimum Gasteiger partial charge on any atom is -0.496 e. The number of rotatable bonds is 6. The average molecular weight is 721 g/mol. The molecule has 12 atom stereocenters. The number of benzene rings is 2. The van der Waals surface area contributed by atoms with E-state index in [1.165, 1.54) is 41.3 Å². The van der Waals surface area contributed by atoms with E-state index in [0.29, 0.717) is 18.3 Å². The number of esters is 2. The van der Waals surface area contributed by atoms with Gasteiger partial charge in [-0.25, -0.2) is 0 Å². The van der Waals surface area contributed by atoms with Crippen LogP contribution >= 0.6 is 0 Å². The number of H-pyrrole nitrogens is 1. The van der Waals surface area contributed by atoms with Crippen molar-refractivity contribution >= 4 is 28.5 Å². The third kappa shape index (κ3) is 5.01. The number of nitrogens with zero attached hydrogens (tertiary/aromatic N) is 1. The number of carbonyl (C=O) groups excluding carboxylic acids is 2. The summed E-state index contributed by atoms with van der Waals surface area (Å²) in [6.45, 7) is 6.51. The lowest BCUT2D eigenvalue weighted by Gasteiger charge is -2.59. The molecule has 5 heterocycles. The third-order valence-electron chi connectivity index (χ3n) is 15.1. The first-order valence-corrected chi connectivity index (χ1v) is 20.1. The van der Waals surface area contributed by atoms with Crippen LogP contribution in [0.25, 0.3) is 10.9 Å². The van der Waals surface area contributed by atoms with E-state index in [-0.39, 0.29) is 59.7 Å². The molecule has 3 N–H and O–H groups in total. The number of hydrogen-bond donors (Lipinski definition) is 3. The number of ether oxygens (including phenoxy) is 3. The number of aromatic nitrogens is 1. The zero-order chi connectivity index (χ0) is 36.8. The number of carbonyl (C=O) groups is 2. The standard InChI is InChI=1S/C44H56N4O5/c1-7-24-16-31-28(24)17-32(39-33(26-11-9-10-12-34(26)46-39)19-36(45-3)38(31)42(49)52-5)30-18-35-29(20-37(30)51-4)27-13-14-48-22-23-15-25(8-2)41(48)44(21-23,40(27)47-35)43(50)53-6/h7,9-12,18,20,23,25,27-28,31-32,36,38,40-41,45-47H,8,13-17,19,21-22H2,1-6H3/b24-7-/t23-,25-,27?,28+,31?,32+,36?,38-,40?,41-,44+/m0/s1. The summed E-state index contributed by atoms with van der Waals surface area (Å²) >= 11 is 0. The minimum atomic E-state index is -0.599. The molecule has 282 valence electrons. The van der Waals surface area contributed by atoms with Crippen LogP contribution in [-0.4, -0.2) is 81.4 Å². The fraction of sp³-hybridized carbons (Fsp3) is 0.591. The van der Waals surface area contributed by atoms with Crippen LogP contribution in [0.2, 0.25) is 0 Å². The molecule has 2 aromatic carbocycles. The van der Waals surface area contributed by atoms with Crippen LogP contribution in [0.3, 0.4) is 0 Å². The molecule has 2 saturated carbocycles. The average Bonchev–Trinajstić information content (AvgIpc) is 3.71. The molecule has 10 rings (SSSR count). The molecule has 0 spiro atoms. The largest absolute Gasteiger partial charge is 0.496 e. The number of likely N-dealkylation sites (N-methyl/N-ethyl adjacent to an activating group) is 1. The number of hydrogen-bond acceptors (Lipinski definition) is 8. The summed E-state index contributed by atoms with van der Waals surface area (Å²) in [5, 5.41) is 8.82. The molecule has 53 heavy (non-hydrogen) atoms. The van der Waals surface area contributed by atoms with Gasteiger partial charge in [-0.15, -0.1) is 0 Å². The highest BCUT2D eigenvalue weighted by Crippen LogP contribution is 2.61. The quantitative estimate of drug-likeness (QED) is 0.189. The van der Waals surface area contributed by atoms with Gasteiger partial charge in [0.25, 0.3) is 0 Å². The molecule has 3 aromatic rings. The molecule has 4 bridgehead atoms. The van der Waals surface area contributed by atoms with Gasteiger partial charge in [0.2, 0.25) is 0 Å². The van der Waals surface area contributed by atoms with Crippen molar-refractivity contribution < 1.29 is 23.8 Å². The predicted octanol–water partition coefficient (Wildman–Crippen LogP) is 6.78. The first kappa shape index (κ1) is 34.9. The molecule has 3 aliphatic carbocycles. The fourth-order valence-corrected chi connectivity index (χ4v) is 12.9. The maximum Gasteiger partial charge on any atom is 0.315 e. The molecule has 4 aliphatic heterocycles. The Morgan fingerprint density at radius 2 is 1.89 bits per heavy atom. The van der Waals surface area contributed by atoms with Gasteiger partial charge >= 0.3 is 11.9 Å². The van der Waals surface area contributed by atoms with E-state index in [0.717, 1.165) is 67.7 Å². The van der Waals surface area contributed by atoms with Crippen molar-refractivity contribution in [1.29, 1.82) is 0 Å². The molecule has 1 aromatic heterocycles. The Balaban J connectivity index is 1.20. The lowest BCUT2D eigenvalue weighted by molar-refractivity contribution is -0.176. The molecule has 5 unspecified atom stereocenters. The van der Waals surface area contributed by atoms with Gasteiger partial charge in [0.15, 0.2) is 0 Å². The van der Waals surface area contributed by atoms with Gasteiger partial charge in [0.1, 0.15) is 11.2 Å². The first-order valence-electron chi connectivity index (χ1n) is 20.1. The van der Waals surface area contributed by atoms with Crippen molar-refractivity contribution in [1.82, 2.24) is 15.2 Å². The van der Waals surface area contributed by atoms with Crippen LogP contribution in [0.15, 0.2) is 48.0 Å². The highest BCUT2D eigenvalue weighted by atomic mass is 16.5. The highest BCUT2D eigenvalue weighted by Gasteiger charge is 2.66. The lowest BCUT2D eigenvalue weighted by Crippen LogP contribution is -2.69. The van der Waals surface area contributed by atoms with Gasteiger partial charge in [-0.3, -0.25) is 14.5 Å². The number of nitrogens with one attached hydrogen (secondary N) is 3. The summed E-state index contributed by atoms with van der Waals surface area (Å²) < 4.78 is 17.7. The second kappa shape index (κ2) is 13.2. The Morgan fingerprint density at radius 3 is 2.62 bits per heavy atom. The van der Waals surface area contributed by atoms with Crippen molar-refractivity contribution in [2.45, 2.75) is 88.8 Å². The molecule has 0 amide bonds. The Bertz CT molecular complexity index is 1970. The summed E-state index contributed by atoms with van der Waals surface area (Å²) in [5.74, 6) is 2.00. The smallest absolute Gasteiger partial charge is 0.315 e. The number of methoxy groups -OCH3 is 3. The van der Waals surface area contributed by atoms with E-state index in [9.17, 15) is 9.59 Å². The van der Waals surface area contributed by atoms with Crippen LogP contribution in [0, 0.1) is 35.0 Å². The van der Waals surface area contributed by atoms with Crippen molar-refractivity contribution in [3.05, 3.63) is 70.4 Å². The van der Waals surface area contributed by atoms with Gasteiger partial charge in [0, 0.05) is 58.3 Å². The van der Waals surface area contributed by atoms with E-state index in [2.05, 4.69) is 76.8 Å². The second-order valence-electron chi connectivity index (χ2n) is 17.0. The number of para-hydroxylation sites is 1. The Morgan fingerprint density at radius 1 is 1.06 bits per heavy atom. The Hall–Kier alpha value is -3.82. The van der Waals surface area contributed by atoms with Crippen molar-refractivity contribution in [3.8, 4) is 5.75 Å². The zero-order valence-electron chi connectivity index (χ0n) is 32.2. The number of allylic oxidation sites excluding steroid dienone is 2. The molecule has 9 nitrogen and oxygen atoms in total. The number of fused-ring (bicyclic) bond motifs is 8. The topological polar surface area (TPSA) is 105 Å². The van der Waals surface area contributed by atoms with Crippen LogP contribution in [0.5, 0.6) is 5.75 Å². The predicted molar refractivity (Wildman–Crippen MR) is 206 cm³/mol. The summed E-state index contributed by atoms with van der Waals surface area (Å²) in [6, 6.07) is 13.3.